The molecule has 0 saturated heterocycles. The number of benzene rings is 2. The van der Waals surface area contributed by atoms with E-state index in [4.69, 9.17) is 9.47 Å². The molecule has 0 heterocycles. The fourth-order valence-electron chi connectivity index (χ4n) is 2.05. The van der Waals surface area contributed by atoms with Crippen molar-refractivity contribution in [2.75, 3.05) is 7.11 Å². The standard InChI is InChI=1S/C17H20O3/c1-12-7-8-17(16(9-12)13(2)18)20-11-14-5-4-6-15(10-14)19-3/h4-10,13,18H,11H2,1-3H3. The Morgan fingerprint density at radius 3 is 2.65 bits per heavy atom. The summed E-state index contributed by atoms with van der Waals surface area (Å²) in [5.41, 5.74) is 2.95. The third-order valence-electron chi connectivity index (χ3n) is 3.14. The van der Waals surface area contributed by atoms with E-state index in [0.29, 0.717) is 12.4 Å². The molecule has 0 spiro atoms. The fourth-order valence-corrected chi connectivity index (χ4v) is 2.05. The number of aliphatic hydroxyl groups excluding tert-OH is 1. The van der Waals surface area contributed by atoms with Crippen molar-refractivity contribution in [3.63, 3.8) is 0 Å². The summed E-state index contributed by atoms with van der Waals surface area (Å²) in [6.07, 6.45) is -0.546. The molecule has 0 amide bonds. The summed E-state index contributed by atoms with van der Waals surface area (Å²) in [5, 5.41) is 9.81. The molecule has 0 fully saturated rings. The third-order valence-corrected chi connectivity index (χ3v) is 3.14. The van der Waals surface area contributed by atoms with Crippen molar-refractivity contribution in [2.45, 2.75) is 26.6 Å². The van der Waals surface area contributed by atoms with Crippen molar-refractivity contribution in [1.82, 2.24) is 0 Å². The van der Waals surface area contributed by atoms with Gasteiger partial charge in [0.2, 0.25) is 0 Å². The maximum absolute atomic E-state index is 9.81. The number of hydrogen-bond acceptors (Lipinski definition) is 3. The third kappa shape index (κ3) is 3.52. The van der Waals surface area contributed by atoms with Crippen LogP contribution in [0, 0.1) is 6.92 Å². The predicted molar refractivity (Wildman–Crippen MR) is 79.1 cm³/mol. The van der Waals surface area contributed by atoms with Gasteiger partial charge in [0.1, 0.15) is 18.1 Å². The molecule has 20 heavy (non-hydrogen) atoms. The number of ether oxygens (including phenoxy) is 2. The predicted octanol–water partition coefficient (Wildman–Crippen LogP) is 3.64. The molecule has 0 aliphatic heterocycles. The van der Waals surface area contributed by atoms with Gasteiger partial charge in [-0.15, -0.1) is 0 Å². The van der Waals surface area contributed by atoms with Gasteiger partial charge in [0, 0.05) is 5.56 Å². The molecule has 1 atom stereocenters. The van der Waals surface area contributed by atoms with Gasteiger partial charge in [0.25, 0.3) is 0 Å². The molecular formula is C17H20O3. The summed E-state index contributed by atoms with van der Waals surface area (Å²) in [7, 11) is 1.64. The molecule has 0 saturated carbocycles. The zero-order chi connectivity index (χ0) is 14.5. The Morgan fingerprint density at radius 2 is 1.95 bits per heavy atom. The molecule has 1 N–H and O–H groups in total. The zero-order valence-electron chi connectivity index (χ0n) is 12.1. The van der Waals surface area contributed by atoms with Crippen LogP contribution in [0.2, 0.25) is 0 Å². The number of methoxy groups -OCH3 is 1. The molecular weight excluding hydrogens is 252 g/mol. The van der Waals surface area contributed by atoms with Crippen LogP contribution in [0.25, 0.3) is 0 Å². The fraction of sp³-hybridized carbons (Fsp3) is 0.294. The highest BCUT2D eigenvalue weighted by Crippen LogP contribution is 2.27. The Kier molecular flexibility index (Phi) is 4.64. The average Bonchev–Trinajstić information content (AvgIpc) is 2.46. The van der Waals surface area contributed by atoms with Crippen LogP contribution in [0.1, 0.15) is 29.7 Å². The second kappa shape index (κ2) is 6.44. The highest BCUT2D eigenvalue weighted by Gasteiger charge is 2.09. The van der Waals surface area contributed by atoms with Crippen LogP contribution in [0.4, 0.5) is 0 Å². The summed E-state index contributed by atoms with van der Waals surface area (Å²) in [6.45, 7) is 4.19. The molecule has 0 aliphatic rings. The quantitative estimate of drug-likeness (QED) is 0.903. The number of aryl methyl sites for hydroxylation is 1. The highest BCUT2D eigenvalue weighted by molar-refractivity contribution is 5.38. The average molecular weight is 272 g/mol. The summed E-state index contributed by atoms with van der Waals surface area (Å²) >= 11 is 0. The number of hydrogen-bond donors (Lipinski definition) is 1. The van der Waals surface area contributed by atoms with Crippen LogP contribution in [0.5, 0.6) is 11.5 Å². The lowest BCUT2D eigenvalue weighted by Crippen LogP contribution is -2.01. The Morgan fingerprint density at radius 1 is 1.15 bits per heavy atom. The second-order valence-corrected chi connectivity index (χ2v) is 4.86. The van der Waals surface area contributed by atoms with E-state index in [0.717, 1.165) is 22.4 Å². The summed E-state index contributed by atoms with van der Waals surface area (Å²) < 4.78 is 11.0. The van der Waals surface area contributed by atoms with Crippen LogP contribution in [0.3, 0.4) is 0 Å². The van der Waals surface area contributed by atoms with E-state index in [1.165, 1.54) is 0 Å². The molecule has 106 valence electrons. The van der Waals surface area contributed by atoms with E-state index < -0.39 is 6.10 Å². The number of rotatable bonds is 5. The molecule has 0 aromatic heterocycles. The lowest BCUT2D eigenvalue weighted by molar-refractivity contribution is 0.190. The largest absolute Gasteiger partial charge is 0.497 e. The maximum atomic E-state index is 9.81. The minimum absolute atomic E-state index is 0.444. The van der Waals surface area contributed by atoms with Gasteiger partial charge in [-0.1, -0.05) is 23.8 Å². The zero-order valence-corrected chi connectivity index (χ0v) is 12.1. The first-order valence-corrected chi connectivity index (χ1v) is 6.64. The monoisotopic (exact) mass is 272 g/mol. The topological polar surface area (TPSA) is 38.7 Å². The highest BCUT2D eigenvalue weighted by atomic mass is 16.5. The minimum atomic E-state index is -0.546. The first-order valence-electron chi connectivity index (χ1n) is 6.64. The van der Waals surface area contributed by atoms with Crippen LogP contribution in [-0.4, -0.2) is 12.2 Å². The van der Waals surface area contributed by atoms with Gasteiger partial charge in [0.05, 0.1) is 13.2 Å². The first kappa shape index (κ1) is 14.4. The van der Waals surface area contributed by atoms with Crippen molar-refractivity contribution in [1.29, 1.82) is 0 Å². The number of aliphatic hydroxyl groups is 1. The maximum Gasteiger partial charge on any atom is 0.125 e. The summed E-state index contributed by atoms with van der Waals surface area (Å²) in [6, 6.07) is 13.6. The van der Waals surface area contributed by atoms with Gasteiger partial charge >= 0.3 is 0 Å². The second-order valence-electron chi connectivity index (χ2n) is 4.86. The minimum Gasteiger partial charge on any atom is -0.497 e. The summed E-state index contributed by atoms with van der Waals surface area (Å²) in [4.78, 5) is 0. The van der Waals surface area contributed by atoms with Gasteiger partial charge in [-0.3, -0.25) is 0 Å². The van der Waals surface area contributed by atoms with E-state index in [9.17, 15) is 5.11 Å². The van der Waals surface area contributed by atoms with Gasteiger partial charge in [-0.25, -0.2) is 0 Å². The molecule has 1 unspecified atom stereocenters. The van der Waals surface area contributed by atoms with Crippen LogP contribution in [-0.2, 0) is 6.61 Å². The van der Waals surface area contributed by atoms with Crippen molar-refractivity contribution >= 4 is 0 Å². The first-order chi connectivity index (χ1) is 9.60. The van der Waals surface area contributed by atoms with Gasteiger partial charge < -0.3 is 14.6 Å². The Hall–Kier alpha value is -2.00. The lowest BCUT2D eigenvalue weighted by atomic mass is 10.1. The van der Waals surface area contributed by atoms with Crippen molar-refractivity contribution in [2.24, 2.45) is 0 Å². The van der Waals surface area contributed by atoms with Crippen LogP contribution in [0.15, 0.2) is 42.5 Å². The van der Waals surface area contributed by atoms with Crippen molar-refractivity contribution in [3.05, 3.63) is 59.2 Å². The van der Waals surface area contributed by atoms with E-state index in [1.807, 2.05) is 49.4 Å². The van der Waals surface area contributed by atoms with Crippen LogP contribution < -0.4 is 9.47 Å². The van der Waals surface area contributed by atoms with E-state index in [2.05, 4.69) is 0 Å². The molecule has 2 aromatic rings. The van der Waals surface area contributed by atoms with Gasteiger partial charge in [0.15, 0.2) is 0 Å². The van der Waals surface area contributed by atoms with E-state index >= 15 is 0 Å². The molecule has 0 bridgehead atoms. The van der Waals surface area contributed by atoms with Gasteiger partial charge in [-0.2, -0.15) is 0 Å². The van der Waals surface area contributed by atoms with E-state index in [-0.39, 0.29) is 0 Å². The van der Waals surface area contributed by atoms with E-state index in [1.54, 1.807) is 14.0 Å². The molecule has 3 heteroatoms. The molecule has 3 nitrogen and oxygen atoms in total. The Labute approximate surface area is 119 Å². The SMILES string of the molecule is COc1cccc(COc2ccc(C)cc2C(C)O)c1. The Bertz CT molecular complexity index is 576. The molecule has 0 aliphatic carbocycles. The van der Waals surface area contributed by atoms with Crippen LogP contribution >= 0.6 is 0 Å². The molecule has 2 rings (SSSR count). The van der Waals surface area contributed by atoms with Crippen molar-refractivity contribution < 1.29 is 14.6 Å². The molecule has 0 radical (unpaired) electrons. The Balaban J connectivity index is 2.14. The van der Waals surface area contributed by atoms with Gasteiger partial charge in [-0.05, 0) is 43.7 Å². The lowest BCUT2D eigenvalue weighted by Gasteiger charge is -2.14. The normalized spacial score (nSPS) is 12.0. The van der Waals surface area contributed by atoms with Crippen molar-refractivity contribution in [3.8, 4) is 11.5 Å². The molecule has 2 aromatic carbocycles. The smallest absolute Gasteiger partial charge is 0.125 e. The summed E-state index contributed by atoms with van der Waals surface area (Å²) in [5.74, 6) is 1.53.